The van der Waals surface area contributed by atoms with Gasteiger partial charge >= 0.3 is 0 Å². The number of nitrogens with two attached hydrogens (primary N) is 1. The van der Waals surface area contributed by atoms with Gasteiger partial charge in [0, 0.05) is 35.7 Å². The van der Waals surface area contributed by atoms with Crippen molar-refractivity contribution in [1.82, 2.24) is 9.80 Å². The summed E-state index contributed by atoms with van der Waals surface area (Å²) < 4.78 is 0. The Bertz CT molecular complexity index is 259. The summed E-state index contributed by atoms with van der Waals surface area (Å²) >= 11 is 2.10. The van der Waals surface area contributed by atoms with E-state index in [0.717, 1.165) is 11.8 Å². The van der Waals surface area contributed by atoms with Crippen LogP contribution in [0, 0.1) is 0 Å². The molecular formula is C13H27N3S. The molecule has 3 unspecified atom stereocenters. The Morgan fingerprint density at radius 3 is 2.76 bits per heavy atom. The van der Waals surface area contributed by atoms with Gasteiger partial charge in [-0.25, -0.2) is 0 Å². The first kappa shape index (κ1) is 13.7. The molecule has 2 fully saturated rings. The molecule has 2 rings (SSSR count). The van der Waals surface area contributed by atoms with E-state index in [1.54, 1.807) is 0 Å². The summed E-state index contributed by atoms with van der Waals surface area (Å²) in [5, 5.41) is 0.776. The third-order valence-corrected chi connectivity index (χ3v) is 5.92. The third-order valence-electron chi connectivity index (χ3n) is 4.48. The molecule has 100 valence electrons. The lowest BCUT2D eigenvalue weighted by Gasteiger charge is -2.46. The summed E-state index contributed by atoms with van der Waals surface area (Å²) in [5.41, 5.74) is 6.41. The Morgan fingerprint density at radius 1 is 1.47 bits per heavy atom. The molecule has 0 spiro atoms. The molecule has 0 amide bonds. The van der Waals surface area contributed by atoms with Crippen molar-refractivity contribution in [1.29, 1.82) is 0 Å². The van der Waals surface area contributed by atoms with Crippen molar-refractivity contribution in [3.05, 3.63) is 0 Å². The van der Waals surface area contributed by atoms with Crippen molar-refractivity contribution in [3.63, 3.8) is 0 Å². The van der Waals surface area contributed by atoms with Crippen LogP contribution in [0.15, 0.2) is 0 Å². The quantitative estimate of drug-likeness (QED) is 0.824. The fourth-order valence-electron chi connectivity index (χ4n) is 3.25. The van der Waals surface area contributed by atoms with Gasteiger partial charge in [-0.2, -0.15) is 11.8 Å². The second-order valence-electron chi connectivity index (χ2n) is 5.96. The Morgan fingerprint density at radius 2 is 2.24 bits per heavy atom. The van der Waals surface area contributed by atoms with Crippen molar-refractivity contribution in [2.45, 2.75) is 43.0 Å². The Labute approximate surface area is 110 Å². The fourth-order valence-corrected chi connectivity index (χ4v) is 4.69. The van der Waals surface area contributed by atoms with Crippen LogP contribution in [0.1, 0.15) is 26.2 Å². The average Bonchev–Trinajstić information content (AvgIpc) is 2.72. The molecule has 2 aliphatic rings. The zero-order valence-electron chi connectivity index (χ0n) is 11.5. The monoisotopic (exact) mass is 257 g/mol. The van der Waals surface area contributed by atoms with Gasteiger partial charge in [0.05, 0.1) is 0 Å². The summed E-state index contributed by atoms with van der Waals surface area (Å²) in [5.74, 6) is 1.23. The van der Waals surface area contributed by atoms with Gasteiger partial charge in [0.2, 0.25) is 0 Å². The number of hydrogen-bond acceptors (Lipinski definition) is 4. The van der Waals surface area contributed by atoms with Gasteiger partial charge in [0.15, 0.2) is 0 Å². The summed E-state index contributed by atoms with van der Waals surface area (Å²) in [7, 11) is 4.41. The van der Waals surface area contributed by atoms with Crippen molar-refractivity contribution < 1.29 is 0 Å². The van der Waals surface area contributed by atoms with Crippen molar-refractivity contribution in [2.24, 2.45) is 5.73 Å². The molecule has 0 bridgehead atoms. The van der Waals surface area contributed by atoms with E-state index in [1.807, 2.05) is 0 Å². The minimum Gasteiger partial charge on any atom is -0.329 e. The first-order valence-electron chi connectivity index (χ1n) is 6.80. The Balaban J connectivity index is 2.04. The maximum atomic E-state index is 6.11. The molecule has 2 saturated heterocycles. The standard InChI is InChI=1S/C13H27N3S/c1-11-7-13(9-14,10-17-11)16-6-4-5-12(8-16)15(2)3/h11-12H,4-10,14H2,1-3H3. The Kier molecular flexibility index (Phi) is 4.40. The van der Waals surface area contributed by atoms with E-state index in [1.165, 1.54) is 38.1 Å². The van der Waals surface area contributed by atoms with E-state index < -0.39 is 0 Å². The summed E-state index contributed by atoms with van der Waals surface area (Å²) in [6.07, 6.45) is 3.94. The van der Waals surface area contributed by atoms with Gasteiger partial charge < -0.3 is 10.6 Å². The highest BCUT2D eigenvalue weighted by Crippen LogP contribution is 2.39. The fraction of sp³-hybridized carbons (Fsp3) is 1.00. The molecule has 2 N–H and O–H groups in total. The topological polar surface area (TPSA) is 32.5 Å². The number of piperidine rings is 1. The predicted molar refractivity (Wildman–Crippen MR) is 76.6 cm³/mol. The van der Waals surface area contributed by atoms with Crippen molar-refractivity contribution in [3.8, 4) is 0 Å². The van der Waals surface area contributed by atoms with Crippen LogP contribution < -0.4 is 5.73 Å². The minimum absolute atomic E-state index is 0.290. The number of thioether (sulfide) groups is 1. The van der Waals surface area contributed by atoms with Crippen LogP contribution in [0.3, 0.4) is 0 Å². The van der Waals surface area contributed by atoms with Gasteiger partial charge in [-0.05, 0) is 39.9 Å². The molecular weight excluding hydrogens is 230 g/mol. The molecule has 0 saturated carbocycles. The number of rotatable bonds is 3. The highest BCUT2D eigenvalue weighted by Gasteiger charge is 2.43. The van der Waals surface area contributed by atoms with E-state index in [0.29, 0.717) is 11.6 Å². The van der Waals surface area contributed by atoms with E-state index in [-0.39, 0.29) is 0 Å². The second-order valence-corrected chi connectivity index (χ2v) is 7.39. The van der Waals surface area contributed by atoms with Gasteiger partial charge in [-0.3, -0.25) is 4.90 Å². The lowest BCUT2D eigenvalue weighted by atomic mass is 9.90. The largest absolute Gasteiger partial charge is 0.329 e. The smallest absolute Gasteiger partial charge is 0.0433 e. The second kappa shape index (κ2) is 5.47. The molecule has 3 nitrogen and oxygen atoms in total. The lowest BCUT2D eigenvalue weighted by Crippen LogP contribution is -2.59. The van der Waals surface area contributed by atoms with E-state index in [2.05, 4.69) is 42.6 Å². The van der Waals surface area contributed by atoms with Crippen LogP contribution in [-0.2, 0) is 0 Å². The molecule has 0 radical (unpaired) electrons. The van der Waals surface area contributed by atoms with Crippen molar-refractivity contribution >= 4 is 11.8 Å². The van der Waals surface area contributed by atoms with Gasteiger partial charge in [0.1, 0.15) is 0 Å². The maximum Gasteiger partial charge on any atom is 0.0433 e. The highest BCUT2D eigenvalue weighted by molar-refractivity contribution is 8.00. The molecule has 0 aliphatic carbocycles. The normalized spacial score (nSPS) is 40.1. The summed E-state index contributed by atoms with van der Waals surface area (Å²) in [6, 6.07) is 0.716. The lowest BCUT2D eigenvalue weighted by molar-refractivity contribution is 0.0475. The van der Waals surface area contributed by atoms with Gasteiger partial charge in [0.25, 0.3) is 0 Å². The molecule has 2 heterocycles. The molecule has 0 aromatic heterocycles. The van der Waals surface area contributed by atoms with E-state index in [9.17, 15) is 0 Å². The van der Waals surface area contributed by atoms with Crippen LogP contribution in [0.5, 0.6) is 0 Å². The van der Waals surface area contributed by atoms with Gasteiger partial charge in [-0.1, -0.05) is 6.92 Å². The zero-order chi connectivity index (χ0) is 12.5. The molecule has 2 aliphatic heterocycles. The van der Waals surface area contributed by atoms with Crippen LogP contribution >= 0.6 is 11.8 Å². The minimum atomic E-state index is 0.290. The number of hydrogen-bond donors (Lipinski definition) is 1. The maximum absolute atomic E-state index is 6.11. The number of nitrogens with zero attached hydrogens (tertiary/aromatic N) is 2. The van der Waals surface area contributed by atoms with Crippen molar-refractivity contribution in [2.75, 3.05) is 39.5 Å². The summed E-state index contributed by atoms with van der Waals surface area (Å²) in [4.78, 5) is 5.07. The highest BCUT2D eigenvalue weighted by atomic mass is 32.2. The first-order valence-corrected chi connectivity index (χ1v) is 7.85. The average molecular weight is 257 g/mol. The third kappa shape index (κ3) is 2.80. The molecule has 0 aromatic rings. The SMILES string of the molecule is CC1CC(CN)(N2CCCC(N(C)C)C2)CS1. The first-order chi connectivity index (χ1) is 8.07. The van der Waals surface area contributed by atoms with E-state index >= 15 is 0 Å². The number of likely N-dealkylation sites (tertiary alicyclic amines) is 1. The van der Waals surface area contributed by atoms with Crippen LogP contribution in [0.2, 0.25) is 0 Å². The van der Waals surface area contributed by atoms with Crippen LogP contribution in [-0.4, -0.2) is 66.1 Å². The van der Waals surface area contributed by atoms with Crippen LogP contribution in [0.4, 0.5) is 0 Å². The van der Waals surface area contributed by atoms with E-state index in [4.69, 9.17) is 5.73 Å². The molecule has 3 atom stereocenters. The molecule has 4 heteroatoms. The zero-order valence-corrected chi connectivity index (χ0v) is 12.3. The summed E-state index contributed by atoms with van der Waals surface area (Å²) in [6.45, 7) is 5.62. The predicted octanol–water partition coefficient (Wildman–Crippen LogP) is 1.24. The molecule has 17 heavy (non-hydrogen) atoms. The van der Waals surface area contributed by atoms with Gasteiger partial charge in [-0.15, -0.1) is 0 Å². The Hall–Kier alpha value is 0.230. The number of likely N-dealkylation sites (N-methyl/N-ethyl adjacent to an activating group) is 1. The molecule has 0 aromatic carbocycles. The van der Waals surface area contributed by atoms with Crippen LogP contribution in [0.25, 0.3) is 0 Å².